The van der Waals surface area contributed by atoms with Gasteiger partial charge in [-0.3, -0.25) is 0 Å². The van der Waals surface area contributed by atoms with Gasteiger partial charge in [0.25, 0.3) is 0 Å². The summed E-state index contributed by atoms with van der Waals surface area (Å²) in [6, 6.07) is 15.3. The minimum absolute atomic E-state index is 0.109. The largest absolute Gasteiger partial charge is 0.507 e. The third kappa shape index (κ3) is 7.48. The van der Waals surface area contributed by atoms with Gasteiger partial charge in [0.15, 0.2) is 11.6 Å². The number of hydrogen-bond acceptors (Lipinski definition) is 11. The molecule has 2 unspecified atom stereocenters. The van der Waals surface area contributed by atoms with Crippen molar-refractivity contribution in [1.29, 1.82) is 10.5 Å². The number of aromatic hydroxyl groups is 2. The molecule has 2 saturated carbocycles. The van der Waals surface area contributed by atoms with Gasteiger partial charge in [-0.05, 0) is 77.3 Å². The van der Waals surface area contributed by atoms with Crippen LogP contribution in [0.1, 0.15) is 103 Å². The summed E-state index contributed by atoms with van der Waals surface area (Å²) in [5.74, 6) is 1.77. The zero-order valence-corrected chi connectivity index (χ0v) is 27.8. The second-order valence-electron chi connectivity index (χ2n) is 12.8. The van der Waals surface area contributed by atoms with E-state index < -0.39 is 0 Å². The molecule has 11 nitrogen and oxygen atoms in total. The van der Waals surface area contributed by atoms with E-state index in [0.29, 0.717) is 45.6 Å². The lowest BCUT2D eigenvalue weighted by atomic mass is 9.82. The monoisotopic (exact) mass is 645 g/mol. The highest BCUT2D eigenvalue weighted by Gasteiger charge is 2.28. The number of nitriles is 2. The number of nitrogens with one attached hydrogen (secondary N) is 1. The number of anilines is 2. The second-order valence-corrected chi connectivity index (χ2v) is 12.8. The van der Waals surface area contributed by atoms with Gasteiger partial charge >= 0.3 is 0 Å². The zero-order chi connectivity index (χ0) is 34.4. The first-order valence-electron chi connectivity index (χ1n) is 16.6. The third-order valence-corrected chi connectivity index (χ3v) is 9.40. The van der Waals surface area contributed by atoms with Crippen LogP contribution in [0.3, 0.4) is 0 Å². The smallest absolute Gasteiger partial charge is 0.165 e. The summed E-state index contributed by atoms with van der Waals surface area (Å²) < 4.78 is 0. The fraction of sp³-hybridized carbons (Fsp3) is 0.405. The van der Waals surface area contributed by atoms with Crippen molar-refractivity contribution in [3.05, 3.63) is 70.0 Å². The molecule has 0 aliphatic heterocycles. The Morgan fingerprint density at radius 1 is 0.688 bits per heavy atom. The maximum Gasteiger partial charge on any atom is 0.165 e. The zero-order valence-electron chi connectivity index (χ0n) is 27.8. The standard InChI is InChI=1S/C19H23N5O.C18H20N4O/c1-11-6-7-16(25)14(8-11)19-23-17(15(10-20)18(21)24-19)12-4-3-5-13(9-12)22-2;1-11-7-8-15(23)13(9-11)18-21-16(12-5-3-2-4-6-12)14(10-19)17(20)22-18/h6-8,12-13,22,25H,3-5,9H2,1-2H3,(H2,21,23,24);7-9,12,23H,2-6H2,1H3,(H2,20,21,22). The number of aryl methyl sites for hydroxylation is 2. The van der Waals surface area contributed by atoms with E-state index in [1.54, 1.807) is 12.1 Å². The Morgan fingerprint density at radius 3 is 1.65 bits per heavy atom. The molecule has 0 amide bonds. The SMILES string of the molecule is CNC1CCCC(c2nc(-c3cc(C)ccc3O)nc(N)c2C#N)C1.Cc1ccc(O)c(-c2nc(N)c(C#N)c(C3CCCCC3)n2)c1. The van der Waals surface area contributed by atoms with Crippen molar-refractivity contribution in [2.75, 3.05) is 18.5 Å². The maximum atomic E-state index is 10.2. The second kappa shape index (κ2) is 15.1. The van der Waals surface area contributed by atoms with Crippen LogP contribution in [-0.4, -0.2) is 43.2 Å². The van der Waals surface area contributed by atoms with Gasteiger partial charge in [0.1, 0.15) is 46.4 Å². The molecule has 2 aliphatic carbocycles. The molecule has 7 N–H and O–H groups in total. The van der Waals surface area contributed by atoms with Crippen LogP contribution < -0.4 is 16.8 Å². The number of rotatable bonds is 5. The number of benzene rings is 2. The molecular formula is C37H43N9O2. The predicted molar refractivity (Wildman–Crippen MR) is 186 cm³/mol. The molecule has 2 atom stereocenters. The van der Waals surface area contributed by atoms with Crippen LogP contribution >= 0.6 is 0 Å². The van der Waals surface area contributed by atoms with Crippen LogP contribution in [0.4, 0.5) is 11.6 Å². The van der Waals surface area contributed by atoms with E-state index in [0.717, 1.165) is 68.2 Å². The first-order chi connectivity index (χ1) is 23.1. The quantitative estimate of drug-likeness (QED) is 0.158. The maximum absolute atomic E-state index is 10.2. The Hall–Kier alpha value is -5.26. The van der Waals surface area contributed by atoms with Crippen molar-refractivity contribution in [2.24, 2.45) is 0 Å². The first kappa shape index (κ1) is 34.1. The molecule has 0 spiro atoms. The van der Waals surface area contributed by atoms with Gasteiger partial charge in [0.2, 0.25) is 0 Å². The number of phenols is 2. The summed E-state index contributed by atoms with van der Waals surface area (Å²) in [5.41, 5.74) is 17.3. The van der Waals surface area contributed by atoms with E-state index in [9.17, 15) is 20.7 Å². The van der Waals surface area contributed by atoms with Gasteiger partial charge in [-0.15, -0.1) is 0 Å². The van der Waals surface area contributed by atoms with Gasteiger partial charge in [-0.2, -0.15) is 10.5 Å². The molecule has 248 valence electrons. The Bertz CT molecular complexity index is 1870. The molecule has 2 aromatic heterocycles. The van der Waals surface area contributed by atoms with E-state index in [2.05, 4.69) is 37.4 Å². The lowest BCUT2D eigenvalue weighted by molar-refractivity contribution is 0.351. The number of nitrogens with zero attached hydrogens (tertiary/aromatic N) is 6. The molecule has 6 rings (SSSR count). The van der Waals surface area contributed by atoms with Gasteiger partial charge in [0.05, 0.1) is 22.5 Å². The van der Waals surface area contributed by atoms with E-state index in [1.807, 2.05) is 45.2 Å². The summed E-state index contributed by atoms with van der Waals surface area (Å²) in [6.45, 7) is 3.88. The van der Waals surface area contributed by atoms with Crippen molar-refractivity contribution >= 4 is 11.6 Å². The van der Waals surface area contributed by atoms with Crippen molar-refractivity contribution in [3.8, 4) is 46.4 Å². The van der Waals surface area contributed by atoms with E-state index in [-0.39, 0.29) is 35.0 Å². The fourth-order valence-electron chi connectivity index (χ4n) is 6.79. The molecule has 0 radical (unpaired) electrons. The van der Waals surface area contributed by atoms with Crippen LogP contribution in [0.15, 0.2) is 36.4 Å². The van der Waals surface area contributed by atoms with Crippen molar-refractivity contribution < 1.29 is 10.2 Å². The number of nitrogens with two attached hydrogens (primary N) is 2. The topological polar surface area (TPSA) is 204 Å². The molecule has 2 aliphatic rings. The van der Waals surface area contributed by atoms with Crippen LogP contribution in [0, 0.1) is 36.5 Å². The van der Waals surface area contributed by atoms with E-state index in [4.69, 9.17) is 11.5 Å². The van der Waals surface area contributed by atoms with Gasteiger partial charge in [-0.25, -0.2) is 19.9 Å². The highest BCUT2D eigenvalue weighted by atomic mass is 16.3. The number of phenolic OH excluding ortho intramolecular Hbond substituents is 2. The normalized spacial score (nSPS) is 17.9. The van der Waals surface area contributed by atoms with Crippen LogP contribution in [0.5, 0.6) is 11.5 Å². The lowest BCUT2D eigenvalue weighted by Crippen LogP contribution is -2.31. The number of hydrogen-bond donors (Lipinski definition) is 5. The Labute approximate surface area is 281 Å². The highest BCUT2D eigenvalue weighted by Crippen LogP contribution is 2.38. The Balaban J connectivity index is 0.000000188. The highest BCUT2D eigenvalue weighted by molar-refractivity contribution is 5.69. The predicted octanol–water partition coefficient (Wildman–Crippen LogP) is 6.52. The molecular weight excluding hydrogens is 602 g/mol. The van der Waals surface area contributed by atoms with Crippen molar-refractivity contribution in [1.82, 2.24) is 25.3 Å². The fourth-order valence-corrected chi connectivity index (χ4v) is 6.79. The molecule has 0 saturated heterocycles. The summed E-state index contributed by atoms with van der Waals surface area (Å²) in [5, 5.41) is 42.6. The molecule has 0 bridgehead atoms. The number of aromatic nitrogens is 4. The van der Waals surface area contributed by atoms with Crippen LogP contribution in [0.2, 0.25) is 0 Å². The summed E-state index contributed by atoms with van der Waals surface area (Å²) >= 11 is 0. The Kier molecular flexibility index (Phi) is 10.7. The number of nitrogen functional groups attached to an aromatic ring is 2. The summed E-state index contributed by atoms with van der Waals surface area (Å²) in [7, 11) is 1.96. The Morgan fingerprint density at radius 2 is 1.17 bits per heavy atom. The lowest BCUT2D eigenvalue weighted by Gasteiger charge is -2.29. The van der Waals surface area contributed by atoms with E-state index in [1.165, 1.54) is 6.42 Å². The molecule has 4 aromatic rings. The van der Waals surface area contributed by atoms with Crippen molar-refractivity contribution in [2.45, 2.75) is 89.5 Å². The molecule has 2 fully saturated rings. The minimum atomic E-state index is 0.109. The minimum Gasteiger partial charge on any atom is -0.507 e. The van der Waals surface area contributed by atoms with E-state index >= 15 is 0 Å². The first-order valence-corrected chi connectivity index (χ1v) is 16.6. The van der Waals surface area contributed by atoms with Crippen molar-refractivity contribution in [3.63, 3.8) is 0 Å². The molecule has 2 heterocycles. The van der Waals surface area contributed by atoms with Crippen LogP contribution in [-0.2, 0) is 0 Å². The van der Waals surface area contributed by atoms with Crippen LogP contribution in [0.25, 0.3) is 22.8 Å². The summed E-state index contributed by atoms with van der Waals surface area (Å²) in [6.07, 6.45) is 9.65. The van der Waals surface area contributed by atoms with Gasteiger partial charge in [-0.1, -0.05) is 48.9 Å². The van der Waals surface area contributed by atoms with Gasteiger partial charge in [0, 0.05) is 17.9 Å². The van der Waals surface area contributed by atoms with Gasteiger partial charge < -0.3 is 27.0 Å². The summed E-state index contributed by atoms with van der Waals surface area (Å²) in [4.78, 5) is 17.8. The molecule has 48 heavy (non-hydrogen) atoms. The average Bonchev–Trinajstić information content (AvgIpc) is 3.10. The third-order valence-electron chi connectivity index (χ3n) is 9.40. The molecule has 2 aromatic carbocycles. The average molecular weight is 646 g/mol. The molecule has 11 heteroatoms.